The number of carboxylic acid groups (broad SMARTS) is 1. The first kappa shape index (κ1) is 25.0. The predicted octanol–water partition coefficient (Wildman–Crippen LogP) is -0.497. The van der Waals surface area contributed by atoms with Gasteiger partial charge in [0.15, 0.2) is 0 Å². The molecule has 11 nitrogen and oxygen atoms in total. The molecule has 0 bridgehead atoms. The number of carbonyl (C=O) groups is 4. The van der Waals surface area contributed by atoms with Crippen molar-refractivity contribution in [3.8, 4) is 0 Å². The Hall–Kier alpha value is -2.60. The molecule has 3 amide bonds. The van der Waals surface area contributed by atoms with Gasteiger partial charge in [-0.15, -0.1) is 0 Å². The number of nitrogens with zero attached hydrogens (tertiary/aromatic N) is 2. The van der Waals surface area contributed by atoms with Crippen molar-refractivity contribution in [2.45, 2.75) is 62.7 Å². The highest BCUT2D eigenvalue weighted by Gasteiger charge is 2.39. The summed E-state index contributed by atoms with van der Waals surface area (Å²) in [6, 6.07) is -2.97. The highest BCUT2D eigenvalue weighted by atomic mass is 32.2. The zero-order valence-electron chi connectivity index (χ0n) is 18.7. The molecule has 2 saturated heterocycles. The lowest BCUT2D eigenvalue weighted by Crippen LogP contribution is -2.57. The largest absolute Gasteiger partial charge is 0.480 e. The van der Waals surface area contributed by atoms with Crippen LogP contribution in [0.4, 0.5) is 0 Å². The second kappa shape index (κ2) is 12.0. The molecule has 0 spiro atoms. The van der Waals surface area contributed by atoms with Crippen molar-refractivity contribution in [1.82, 2.24) is 30.8 Å². The molecular weight excluding hydrogens is 448 g/mol. The topological polar surface area (TPSA) is 157 Å². The second-order valence-corrected chi connectivity index (χ2v) is 9.35. The number of aliphatic carboxylic acids is 1. The van der Waals surface area contributed by atoms with Gasteiger partial charge >= 0.3 is 5.97 Å². The lowest BCUT2D eigenvalue weighted by molar-refractivity contribution is -0.143. The molecule has 182 valence electrons. The number of likely N-dealkylation sites (tertiary alicyclic amines) is 1. The number of amides is 3. The molecule has 33 heavy (non-hydrogen) atoms. The normalized spacial score (nSPS) is 22.0. The van der Waals surface area contributed by atoms with Gasteiger partial charge in [-0.3, -0.25) is 14.4 Å². The Labute approximate surface area is 196 Å². The Kier molecular flexibility index (Phi) is 9.12. The summed E-state index contributed by atoms with van der Waals surface area (Å²) < 4.78 is 0. The summed E-state index contributed by atoms with van der Waals surface area (Å²) in [6.45, 7) is 1.29. The van der Waals surface area contributed by atoms with Crippen LogP contribution >= 0.6 is 11.8 Å². The van der Waals surface area contributed by atoms with E-state index in [9.17, 15) is 24.3 Å². The number of thioether (sulfide) groups is 1. The van der Waals surface area contributed by atoms with Crippen molar-refractivity contribution in [3.05, 3.63) is 18.2 Å². The van der Waals surface area contributed by atoms with Crippen molar-refractivity contribution in [2.75, 3.05) is 25.1 Å². The third-order valence-corrected chi connectivity index (χ3v) is 6.68. The van der Waals surface area contributed by atoms with Crippen LogP contribution in [0, 0.1) is 0 Å². The highest BCUT2D eigenvalue weighted by molar-refractivity contribution is 7.98. The number of aromatic nitrogens is 2. The van der Waals surface area contributed by atoms with Gasteiger partial charge in [-0.25, -0.2) is 9.78 Å². The number of nitrogens with one attached hydrogen (secondary N) is 4. The monoisotopic (exact) mass is 480 g/mol. The van der Waals surface area contributed by atoms with Gasteiger partial charge in [0, 0.05) is 24.9 Å². The van der Waals surface area contributed by atoms with Crippen molar-refractivity contribution in [3.63, 3.8) is 0 Å². The van der Waals surface area contributed by atoms with Crippen LogP contribution in [0.25, 0.3) is 0 Å². The minimum absolute atomic E-state index is 0.0808. The Balaban J connectivity index is 1.69. The Bertz CT molecular complexity index is 829. The molecule has 3 heterocycles. The summed E-state index contributed by atoms with van der Waals surface area (Å²) in [5.41, 5.74) is 0.626. The fourth-order valence-electron chi connectivity index (χ4n) is 4.26. The van der Waals surface area contributed by atoms with Crippen molar-refractivity contribution < 1.29 is 24.3 Å². The standard InChI is InChI=1S/C21H32N6O5S/c1-33-9-6-15(21(31)32)25-18(28)16(10-13-11-22-12-24-13)26-19(29)17-5-3-8-27(17)20(30)14-4-2-7-23-14/h11-12,14-17,23H,2-10H2,1H3,(H,22,24)(H,25,28)(H,26,29)(H,31,32). The molecule has 4 atom stereocenters. The molecule has 2 aliphatic heterocycles. The van der Waals surface area contributed by atoms with E-state index in [1.54, 1.807) is 11.1 Å². The maximum atomic E-state index is 13.2. The van der Waals surface area contributed by atoms with Gasteiger partial charge in [0.25, 0.3) is 0 Å². The van der Waals surface area contributed by atoms with E-state index in [1.165, 1.54) is 18.1 Å². The van der Waals surface area contributed by atoms with E-state index < -0.39 is 35.9 Å². The molecule has 1 aromatic heterocycles. The number of hydrogen-bond donors (Lipinski definition) is 5. The van der Waals surface area contributed by atoms with Crippen LogP contribution in [0.1, 0.15) is 37.8 Å². The average Bonchev–Trinajstić information content (AvgIpc) is 3.57. The SMILES string of the molecule is CSCCC(NC(=O)C(Cc1cnc[nH]1)NC(=O)C1CCCN1C(=O)C1CCCN1)C(=O)O. The highest BCUT2D eigenvalue weighted by Crippen LogP contribution is 2.21. The summed E-state index contributed by atoms with van der Waals surface area (Å²) in [4.78, 5) is 59.1. The van der Waals surface area contributed by atoms with E-state index >= 15 is 0 Å². The number of hydrogen-bond acceptors (Lipinski definition) is 7. The first-order valence-corrected chi connectivity index (χ1v) is 12.6. The van der Waals surface area contributed by atoms with Crippen molar-refractivity contribution >= 4 is 35.5 Å². The summed E-state index contributed by atoms with van der Waals surface area (Å²) >= 11 is 1.49. The van der Waals surface area contributed by atoms with Gasteiger partial charge in [0.1, 0.15) is 18.1 Å². The van der Waals surface area contributed by atoms with Crippen molar-refractivity contribution in [1.29, 1.82) is 0 Å². The van der Waals surface area contributed by atoms with Crippen LogP contribution in [0.3, 0.4) is 0 Å². The second-order valence-electron chi connectivity index (χ2n) is 8.36. The third-order valence-electron chi connectivity index (χ3n) is 6.03. The van der Waals surface area contributed by atoms with Crippen LogP contribution in [0.5, 0.6) is 0 Å². The lowest BCUT2D eigenvalue weighted by Gasteiger charge is -2.28. The minimum Gasteiger partial charge on any atom is -0.480 e. The smallest absolute Gasteiger partial charge is 0.326 e. The van der Waals surface area contributed by atoms with Crippen LogP contribution < -0.4 is 16.0 Å². The fraction of sp³-hybridized carbons (Fsp3) is 0.667. The van der Waals surface area contributed by atoms with Gasteiger partial charge in [-0.1, -0.05) is 0 Å². The van der Waals surface area contributed by atoms with Crippen LogP contribution in [-0.2, 0) is 25.6 Å². The van der Waals surface area contributed by atoms with E-state index in [-0.39, 0.29) is 24.8 Å². The Morgan fingerprint density at radius 3 is 2.70 bits per heavy atom. The zero-order valence-corrected chi connectivity index (χ0v) is 19.5. The maximum Gasteiger partial charge on any atom is 0.326 e. The average molecular weight is 481 g/mol. The first-order chi connectivity index (χ1) is 15.9. The molecule has 1 aromatic rings. The molecule has 0 saturated carbocycles. The zero-order chi connectivity index (χ0) is 23.8. The van der Waals surface area contributed by atoms with Crippen LogP contribution in [0.2, 0.25) is 0 Å². The van der Waals surface area contributed by atoms with E-state index in [0.717, 1.165) is 19.4 Å². The van der Waals surface area contributed by atoms with Gasteiger partial charge in [0.05, 0.1) is 12.4 Å². The quantitative estimate of drug-likeness (QED) is 0.284. The number of carboxylic acids is 1. The van der Waals surface area contributed by atoms with Crippen molar-refractivity contribution in [2.24, 2.45) is 0 Å². The Morgan fingerprint density at radius 1 is 1.24 bits per heavy atom. The predicted molar refractivity (Wildman–Crippen MR) is 123 cm³/mol. The summed E-state index contributed by atoms with van der Waals surface area (Å²) in [5.74, 6) is -1.62. The molecule has 12 heteroatoms. The Morgan fingerprint density at radius 2 is 2.06 bits per heavy atom. The van der Waals surface area contributed by atoms with Crippen LogP contribution in [0.15, 0.2) is 12.5 Å². The number of imidazole rings is 1. The first-order valence-electron chi connectivity index (χ1n) is 11.2. The third kappa shape index (κ3) is 6.70. The van der Waals surface area contributed by atoms with Gasteiger partial charge in [-0.05, 0) is 50.7 Å². The fourth-order valence-corrected chi connectivity index (χ4v) is 4.73. The summed E-state index contributed by atoms with van der Waals surface area (Å²) in [6.07, 6.45) is 8.18. The molecule has 5 N–H and O–H groups in total. The molecule has 3 rings (SSSR count). The molecule has 0 aromatic carbocycles. The molecule has 2 fully saturated rings. The number of carbonyl (C=O) groups excluding carboxylic acids is 3. The molecule has 4 unspecified atom stereocenters. The van der Waals surface area contributed by atoms with Gasteiger partial charge in [0.2, 0.25) is 17.7 Å². The molecule has 0 radical (unpaired) electrons. The molecule has 2 aliphatic rings. The number of H-pyrrole nitrogens is 1. The van der Waals surface area contributed by atoms with E-state index in [1.807, 2.05) is 6.26 Å². The van der Waals surface area contributed by atoms with E-state index in [2.05, 4.69) is 25.9 Å². The van der Waals surface area contributed by atoms with E-state index in [4.69, 9.17) is 0 Å². The van der Waals surface area contributed by atoms with Crippen LogP contribution in [-0.4, -0.2) is 92.9 Å². The van der Waals surface area contributed by atoms with E-state index in [0.29, 0.717) is 30.8 Å². The number of rotatable bonds is 11. The summed E-state index contributed by atoms with van der Waals surface area (Å²) in [5, 5.41) is 17.9. The minimum atomic E-state index is -1.12. The lowest BCUT2D eigenvalue weighted by atomic mass is 10.1. The van der Waals surface area contributed by atoms with Gasteiger partial charge < -0.3 is 30.9 Å². The summed E-state index contributed by atoms with van der Waals surface area (Å²) in [7, 11) is 0. The number of aromatic amines is 1. The van der Waals surface area contributed by atoms with Gasteiger partial charge in [-0.2, -0.15) is 11.8 Å². The molecular formula is C21H32N6O5S. The maximum absolute atomic E-state index is 13.2. The molecule has 0 aliphatic carbocycles.